The number of halogens is 1. The van der Waals surface area contributed by atoms with E-state index < -0.39 is 23.9 Å². The maximum absolute atomic E-state index is 14.8. The predicted molar refractivity (Wildman–Crippen MR) is 178 cm³/mol. The summed E-state index contributed by atoms with van der Waals surface area (Å²) in [5.74, 6) is -0.0958. The summed E-state index contributed by atoms with van der Waals surface area (Å²) in [6.45, 7) is 2.14. The van der Waals surface area contributed by atoms with Gasteiger partial charge in [-0.05, 0) is 76.5 Å². The molecule has 0 saturated carbocycles. The smallest absolute Gasteiger partial charge is 0.258 e. The lowest BCUT2D eigenvalue weighted by Crippen LogP contribution is -2.58. The molecule has 14 heteroatoms. The Balaban J connectivity index is 1.14. The number of piperidine rings is 1. The van der Waals surface area contributed by atoms with Gasteiger partial charge in [0.25, 0.3) is 11.8 Å². The molecule has 5 aromatic rings. The molecule has 2 N–H and O–H groups in total. The van der Waals surface area contributed by atoms with Crippen LogP contribution in [0.3, 0.4) is 0 Å². The summed E-state index contributed by atoms with van der Waals surface area (Å²) >= 11 is 0. The molecule has 0 radical (unpaired) electrons. The van der Waals surface area contributed by atoms with Crippen molar-refractivity contribution in [3.05, 3.63) is 114 Å². The monoisotopic (exact) mass is 676 g/mol. The summed E-state index contributed by atoms with van der Waals surface area (Å²) in [5, 5.41) is 17.4. The first kappa shape index (κ1) is 32.4. The fourth-order valence-electron chi connectivity index (χ4n) is 6.05. The van der Waals surface area contributed by atoms with Crippen molar-refractivity contribution in [2.24, 2.45) is 0 Å². The SMILES string of the molecule is Cc1nnnn1-c1ccc(CC(=O)N2CC[C@@H]3Oc4cc(F)cc(c4)CNC(=O)COc4cccc(c4)-c4cncc(c4)C(=O)N[C@@H]3C2)cc1. The standard InChI is InChI=1S/C36H33FN8O5/c1-22-41-42-43-45(22)29-7-5-23(6-8-29)13-35(47)44-10-9-33-32(20-44)40-36(48)27-14-26(18-38-19-27)25-3-2-4-30(15-25)49-21-34(46)39-17-24-11-28(37)16-31(12-24)50-33/h2-8,11-12,14-16,18-19,32-33H,9-10,13,17,20-21H2,1H3,(H,39,46)(H,40,48)/t32-,33+/m1/s1. The van der Waals surface area contributed by atoms with Gasteiger partial charge in [-0.1, -0.05) is 24.3 Å². The molecule has 13 nitrogen and oxygen atoms in total. The van der Waals surface area contributed by atoms with Gasteiger partial charge in [0.1, 0.15) is 23.4 Å². The number of amides is 3. The van der Waals surface area contributed by atoms with Crippen molar-refractivity contribution in [1.29, 1.82) is 0 Å². The normalized spacial score (nSPS) is 17.8. The Kier molecular flexibility index (Phi) is 9.14. The number of nitrogens with zero attached hydrogens (tertiary/aromatic N) is 6. The lowest BCUT2D eigenvalue weighted by Gasteiger charge is -2.39. The highest BCUT2D eigenvalue weighted by Crippen LogP contribution is 2.26. The Hall–Kier alpha value is -6.18. The van der Waals surface area contributed by atoms with E-state index >= 15 is 0 Å². The lowest BCUT2D eigenvalue weighted by atomic mass is 9.99. The Bertz CT molecular complexity index is 2050. The molecule has 1 fully saturated rings. The fraction of sp³-hybridized carbons (Fsp3) is 0.250. The van der Waals surface area contributed by atoms with Gasteiger partial charge >= 0.3 is 0 Å². The number of aromatic nitrogens is 5. The summed E-state index contributed by atoms with van der Waals surface area (Å²) in [5.41, 5.74) is 3.80. The van der Waals surface area contributed by atoms with Crippen LogP contribution in [0.5, 0.6) is 11.5 Å². The summed E-state index contributed by atoms with van der Waals surface area (Å²) in [7, 11) is 0. The topological polar surface area (TPSA) is 153 Å². The minimum Gasteiger partial charge on any atom is -0.488 e. The van der Waals surface area contributed by atoms with Crippen molar-refractivity contribution in [1.82, 2.24) is 40.7 Å². The predicted octanol–water partition coefficient (Wildman–Crippen LogP) is 3.20. The highest BCUT2D eigenvalue weighted by molar-refractivity contribution is 5.95. The molecular weight excluding hydrogens is 643 g/mol. The third kappa shape index (κ3) is 7.43. The lowest BCUT2D eigenvalue weighted by molar-refractivity contribution is -0.133. The molecule has 2 atom stereocenters. The van der Waals surface area contributed by atoms with Crippen LogP contribution in [-0.4, -0.2) is 79.7 Å². The quantitative estimate of drug-likeness (QED) is 0.293. The number of fused-ring (bicyclic) bond motifs is 8. The summed E-state index contributed by atoms with van der Waals surface area (Å²) in [4.78, 5) is 45.9. The van der Waals surface area contributed by atoms with Crippen LogP contribution >= 0.6 is 0 Å². The Morgan fingerprint density at radius 3 is 2.64 bits per heavy atom. The Morgan fingerprint density at radius 2 is 1.82 bits per heavy atom. The maximum atomic E-state index is 14.8. The second-order valence-electron chi connectivity index (χ2n) is 12.2. The van der Waals surface area contributed by atoms with E-state index in [9.17, 15) is 18.8 Å². The summed E-state index contributed by atoms with van der Waals surface area (Å²) in [6.07, 6.45) is 3.03. The van der Waals surface area contributed by atoms with E-state index in [1.54, 1.807) is 53.0 Å². The largest absolute Gasteiger partial charge is 0.488 e. The maximum Gasteiger partial charge on any atom is 0.258 e. The van der Waals surface area contributed by atoms with E-state index in [4.69, 9.17) is 9.47 Å². The molecule has 1 saturated heterocycles. The van der Waals surface area contributed by atoms with Crippen molar-refractivity contribution < 1.29 is 28.2 Å². The van der Waals surface area contributed by atoms with Crippen molar-refractivity contribution in [3.63, 3.8) is 0 Å². The summed E-state index contributed by atoms with van der Waals surface area (Å²) in [6, 6.07) is 19.8. The second kappa shape index (κ2) is 14.1. The minimum atomic E-state index is -0.640. The molecule has 0 unspecified atom stereocenters. The van der Waals surface area contributed by atoms with E-state index in [0.29, 0.717) is 41.2 Å². The Morgan fingerprint density at radius 1 is 0.980 bits per heavy atom. The van der Waals surface area contributed by atoms with Crippen LogP contribution in [0, 0.1) is 12.7 Å². The Labute approximate surface area is 286 Å². The number of aryl methyl sites for hydroxylation is 1. The van der Waals surface area contributed by atoms with E-state index in [1.165, 1.54) is 18.3 Å². The van der Waals surface area contributed by atoms with Crippen molar-refractivity contribution in [2.75, 3.05) is 19.7 Å². The first-order valence-electron chi connectivity index (χ1n) is 16.1. The van der Waals surface area contributed by atoms with Crippen LogP contribution in [0.15, 0.2) is 85.2 Å². The number of rotatable bonds is 3. The van der Waals surface area contributed by atoms with Gasteiger partial charge < -0.3 is 25.0 Å². The van der Waals surface area contributed by atoms with Crippen LogP contribution in [0.1, 0.15) is 33.7 Å². The fourth-order valence-corrected chi connectivity index (χ4v) is 6.05. The van der Waals surface area contributed by atoms with Gasteiger partial charge in [0.2, 0.25) is 5.91 Å². The molecule has 254 valence electrons. The van der Waals surface area contributed by atoms with E-state index in [-0.39, 0.29) is 43.7 Å². The zero-order chi connectivity index (χ0) is 34.6. The van der Waals surface area contributed by atoms with Gasteiger partial charge in [-0.2, -0.15) is 4.68 Å². The average Bonchev–Trinajstić information content (AvgIpc) is 3.56. The number of ether oxygens (including phenoxy) is 2. The molecule has 2 aliphatic rings. The highest BCUT2D eigenvalue weighted by Gasteiger charge is 2.34. The van der Waals surface area contributed by atoms with Crippen molar-refractivity contribution in [2.45, 2.75) is 38.5 Å². The van der Waals surface area contributed by atoms with Gasteiger partial charge in [0.15, 0.2) is 12.4 Å². The zero-order valence-electron chi connectivity index (χ0n) is 27.1. The molecule has 50 heavy (non-hydrogen) atoms. The van der Waals surface area contributed by atoms with Crippen LogP contribution in [0.4, 0.5) is 4.39 Å². The number of carbonyl (C=O) groups is 3. The third-order valence-corrected chi connectivity index (χ3v) is 8.63. The van der Waals surface area contributed by atoms with E-state index in [1.807, 2.05) is 30.3 Å². The van der Waals surface area contributed by atoms with E-state index in [0.717, 1.165) is 16.8 Å². The van der Waals surface area contributed by atoms with Gasteiger partial charge in [-0.3, -0.25) is 19.4 Å². The van der Waals surface area contributed by atoms with Crippen LogP contribution in [0.2, 0.25) is 0 Å². The van der Waals surface area contributed by atoms with E-state index in [2.05, 4.69) is 31.1 Å². The minimum absolute atomic E-state index is 0.0529. The van der Waals surface area contributed by atoms with Gasteiger partial charge in [-0.15, -0.1) is 5.10 Å². The second-order valence-corrected chi connectivity index (χ2v) is 12.2. The molecule has 2 aromatic heterocycles. The number of carbonyl (C=O) groups excluding carboxylic acids is 3. The molecule has 3 amide bonds. The molecule has 0 spiro atoms. The first-order chi connectivity index (χ1) is 24.3. The van der Waals surface area contributed by atoms with Gasteiger partial charge in [0.05, 0.1) is 23.7 Å². The molecule has 0 aliphatic carbocycles. The van der Waals surface area contributed by atoms with Crippen molar-refractivity contribution >= 4 is 17.7 Å². The molecule has 4 heterocycles. The van der Waals surface area contributed by atoms with Crippen molar-refractivity contribution in [3.8, 4) is 28.3 Å². The molecule has 6 bridgehead atoms. The van der Waals surface area contributed by atoms with Gasteiger partial charge in [0, 0.05) is 50.1 Å². The number of likely N-dealkylation sites (tertiary alicyclic amines) is 1. The summed E-state index contributed by atoms with van der Waals surface area (Å²) < 4.78 is 28.4. The average molecular weight is 677 g/mol. The zero-order valence-corrected chi connectivity index (χ0v) is 27.1. The number of pyridine rings is 1. The number of benzene rings is 3. The molecule has 3 aromatic carbocycles. The molecule has 7 rings (SSSR count). The number of hydrogen-bond acceptors (Lipinski definition) is 9. The number of nitrogens with one attached hydrogen (secondary N) is 2. The first-order valence-corrected chi connectivity index (χ1v) is 16.1. The highest BCUT2D eigenvalue weighted by atomic mass is 19.1. The van der Waals surface area contributed by atoms with Crippen LogP contribution in [-0.2, 0) is 22.6 Å². The van der Waals surface area contributed by atoms with Gasteiger partial charge in [-0.25, -0.2) is 4.39 Å². The van der Waals surface area contributed by atoms with Crippen LogP contribution in [0.25, 0.3) is 16.8 Å². The van der Waals surface area contributed by atoms with Crippen LogP contribution < -0.4 is 20.1 Å². The number of hydrogen-bond donors (Lipinski definition) is 2. The molecule has 2 aliphatic heterocycles. The third-order valence-electron chi connectivity index (χ3n) is 8.63. The number of tetrazole rings is 1. The molecular formula is C36H33FN8O5.